The Morgan fingerprint density at radius 2 is 2.23 bits per heavy atom. The molecule has 1 amide bonds. The number of carbonyl (C=O) groups is 1. The molecule has 0 fully saturated rings. The summed E-state index contributed by atoms with van der Waals surface area (Å²) in [4.78, 5) is 16.3. The van der Waals surface area contributed by atoms with Gasteiger partial charge in [-0.05, 0) is 24.3 Å². The van der Waals surface area contributed by atoms with Gasteiger partial charge < -0.3 is 4.74 Å². The van der Waals surface area contributed by atoms with E-state index < -0.39 is 6.61 Å². The third kappa shape index (κ3) is 2.89. The van der Waals surface area contributed by atoms with Crippen molar-refractivity contribution in [2.24, 2.45) is 7.05 Å². The molecule has 0 saturated heterocycles. The minimum atomic E-state index is -2.88. The van der Waals surface area contributed by atoms with Gasteiger partial charge in [0.25, 0.3) is 5.91 Å². The van der Waals surface area contributed by atoms with Crippen LogP contribution >= 0.6 is 11.3 Å². The molecule has 1 aromatic carbocycles. The van der Waals surface area contributed by atoms with Crippen LogP contribution in [0.1, 0.15) is 10.5 Å². The number of nitrogens with zero attached hydrogens (tertiary/aromatic N) is 3. The highest BCUT2D eigenvalue weighted by molar-refractivity contribution is 7.22. The van der Waals surface area contributed by atoms with E-state index in [-0.39, 0.29) is 11.7 Å². The number of anilines is 1. The molecule has 9 heteroatoms. The molecule has 0 radical (unpaired) electrons. The van der Waals surface area contributed by atoms with Gasteiger partial charge in [-0.2, -0.15) is 13.9 Å². The molecule has 0 atom stereocenters. The number of halogens is 2. The van der Waals surface area contributed by atoms with Crippen molar-refractivity contribution >= 4 is 32.6 Å². The van der Waals surface area contributed by atoms with Crippen molar-refractivity contribution < 1.29 is 18.3 Å². The first-order chi connectivity index (χ1) is 10.5. The number of hydrogen-bond donors (Lipinski definition) is 1. The van der Waals surface area contributed by atoms with Crippen molar-refractivity contribution in [2.75, 3.05) is 5.32 Å². The SMILES string of the molecule is Cn1nccc1C(=O)Nc1nc2ccc(OC(F)F)cc2s1. The maximum atomic E-state index is 12.2. The fraction of sp³-hybridized carbons (Fsp3) is 0.154. The predicted octanol–water partition coefficient (Wildman–Crippen LogP) is 2.88. The van der Waals surface area contributed by atoms with E-state index in [2.05, 4.69) is 20.1 Å². The summed E-state index contributed by atoms with van der Waals surface area (Å²) in [6.45, 7) is -2.88. The van der Waals surface area contributed by atoms with Crippen LogP contribution < -0.4 is 10.1 Å². The van der Waals surface area contributed by atoms with E-state index >= 15 is 0 Å². The summed E-state index contributed by atoms with van der Waals surface area (Å²) in [6, 6.07) is 6.00. The van der Waals surface area contributed by atoms with Crippen molar-refractivity contribution in [2.45, 2.75) is 6.61 Å². The molecule has 1 N–H and O–H groups in total. The second-order valence-electron chi connectivity index (χ2n) is 4.32. The van der Waals surface area contributed by atoms with Crippen molar-refractivity contribution in [3.63, 3.8) is 0 Å². The lowest BCUT2D eigenvalue weighted by molar-refractivity contribution is -0.0497. The van der Waals surface area contributed by atoms with Gasteiger partial charge in [0.05, 0.1) is 10.2 Å². The van der Waals surface area contributed by atoms with Gasteiger partial charge in [0.2, 0.25) is 0 Å². The quantitative estimate of drug-likeness (QED) is 0.801. The minimum Gasteiger partial charge on any atom is -0.435 e. The molecule has 0 unspecified atom stereocenters. The molecule has 2 heterocycles. The number of aryl methyl sites for hydroxylation is 1. The van der Waals surface area contributed by atoms with Crippen LogP contribution in [0.3, 0.4) is 0 Å². The van der Waals surface area contributed by atoms with Crippen LogP contribution in [0, 0.1) is 0 Å². The van der Waals surface area contributed by atoms with Gasteiger partial charge in [0.1, 0.15) is 11.4 Å². The average Bonchev–Trinajstić information content (AvgIpc) is 3.03. The van der Waals surface area contributed by atoms with Crippen LogP contribution in [-0.4, -0.2) is 27.3 Å². The molecular weight excluding hydrogens is 314 g/mol. The Balaban J connectivity index is 1.83. The summed E-state index contributed by atoms with van der Waals surface area (Å²) in [5.41, 5.74) is 0.980. The first-order valence-corrected chi connectivity index (χ1v) is 6.99. The highest BCUT2D eigenvalue weighted by Crippen LogP contribution is 2.30. The molecule has 0 aliphatic carbocycles. The van der Waals surface area contributed by atoms with E-state index in [4.69, 9.17) is 0 Å². The Bertz CT molecular complexity index is 830. The molecule has 0 aliphatic heterocycles. The first-order valence-electron chi connectivity index (χ1n) is 6.17. The van der Waals surface area contributed by atoms with Gasteiger partial charge in [-0.3, -0.25) is 14.8 Å². The van der Waals surface area contributed by atoms with Crippen LogP contribution in [0.15, 0.2) is 30.5 Å². The zero-order valence-electron chi connectivity index (χ0n) is 11.3. The molecule has 6 nitrogen and oxygen atoms in total. The minimum absolute atomic E-state index is 0.0515. The number of ether oxygens (including phenoxy) is 1. The number of carbonyl (C=O) groups excluding carboxylic acids is 1. The summed E-state index contributed by atoms with van der Waals surface area (Å²) in [7, 11) is 1.65. The zero-order chi connectivity index (χ0) is 15.7. The number of fused-ring (bicyclic) bond motifs is 1. The normalized spacial score (nSPS) is 11.1. The van der Waals surface area contributed by atoms with Crippen molar-refractivity contribution in [3.05, 3.63) is 36.2 Å². The highest BCUT2D eigenvalue weighted by atomic mass is 32.1. The third-order valence-electron chi connectivity index (χ3n) is 2.86. The van der Waals surface area contributed by atoms with Crippen LogP contribution in [0.25, 0.3) is 10.2 Å². The molecule has 3 rings (SSSR count). The second kappa shape index (κ2) is 5.68. The van der Waals surface area contributed by atoms with Gasteiger partial charge in [-0.25, -0.2) is 4.98 Å². The van der Waals surface area contributed by atoms with Crippen LogP contribution in [0.2, 0.25) is 0 Å². The Morgan fingerprint density at radius 3 is 2.91 bits per heavy atom. The lowest BCUT2D eigenvalue weighted by Gasteiger charge is -2.02. The first kappa shape index (κ1) is 14.4. The van der Waals surface area contributed by atoms with Gasteiger partial charge in [-0.1, -0.05) is 11.3 Å². The Kier molecular flexibility index (Phi) is 3.72. The fourth-order valence-electron chi connectivity index (χ4n) is 1.89. The van der Waals surface area contributed by atoms with E-state index in [0.717, 1.165) is 0 Å². The number of thiazole rings is 1. The number of hydrogen-bond acceptors (Lipinski definition) is 5. The number of rotatable bonds is 4. The fourth-order valence-corrected chi connectivity index (χ4v) is 2.78. The Hall–Kier alpha value is -2.55. The molecule has 114 valence electrons. The van der Waals surface area contributed by atoms with Gasteiger partial charge in [0.15, 0.2) is 5.13 Å². The standard InChI is InChI=1S/C13H10F2N4O2S/c1-19-9(4-5-16-19)11(20)18-13-17-8-3-2-7(21-12(14)15)6-10(8)22-13/h2-6,12H,1H3,(H,17,18,20). The van der Waals surface area contributed by atoms with Crippen LogP contribution in [0.5, 0.6) is 5.75 Å². The molecule has 0 aliphatic rings. The van der Waals surface area contributed by atoms with E-state index in [1.54, 1.807) is 19.2 Å². The van der Waals surface area contributed by atoms with E-state index in [0.29, 0.717) is 21.0 Å². The molecule has 2 aromatic heterocycles. The number of alkyl halides is 2. The number of benzene rings is 1. The summed E-state index contributed by atoms with van der Waals surface area (Å²) in [6.07, 6.45) is 1.52. The summed E-state index contributed by atoms with van der Waals surface area (Å²) in [5, 5.41) is 6.94. The third-order valence-corrected chi connectivity index (χ3v) is 3.79. The monoisotopic (exact) mass is 324 g/mol. The van der Waals surface area contributed by atoms with Gasteiger partial charge >= 0.3 is 6.61 Å². The van der Waals surface area contributed by atoms with E-state index in [9.17, 15) is 13.6 Å². The number of nitrogens with one attached hydrogen (secondary N) is 1. The highest BCUT2D eigenvalue weighted by Gasteiger charge is 2.13. The largest absolute Gasteiger partial charge is 0.435 e. The second-order valence-corrected chi connectivity index (χ2v) is 5.35. The lowest BCUT2D eigenvalue weighted by atomic mass is 10.3. The summed E-state index contributed by atoms with van der Waals surface area (Å²) in [5.74, 6) is -0.293. The summed E-state index contributed by atoms with van der Waals surface area (Å²) < 4.78 is 30.8. The molecular formula is C13H10F2N4O2S. The topological polar surface area (TPSA) is 69.0 Å². The zero-order valence-corrected chi connectivity index (χ0v) is 12.1. The predicted molar refractivity (Wildman–Crippen MR) is 77.4 cm³/mol. The maximum Gasteiger partial charge on any atom is 0.387 e. The van der Waals surface area contributed by atoms with Crippen molar-refractivity contribution in [1.82, 2.24) is 14.8 Å². The van der Waals surface area contributed by atoms with Gasteiger partial charge in [-0.15, -0.1) is 0 Å². The van der Waals surface area contributed by atoms with Crippen molar-refractivity contribution in [3.8, 4) is 5.75 Å². The maximum absolute atomic E-state index is 12.2. The molecule has 0 bridgehead atoms. The van der Waals surface area contributed by atoms with E-state index in [1.165, 1.54) is 34.3 Å². The number of amides is 1. The van der Waals surface area contributed by atoms with Gasteiger partial charge in [0, 0.05) is 13.2 Å². The van der Waals surface area contributed by atoms with Crippen LogP contribution in [-0.2, 0) is 7.05 Å². The molecule has 0 saturated carbocycles. The summed E-state index contributed by atoms with van der Waals surface area (Å²) >= 11 is 1.17. The number of aromatic nitrogens is 3. The van der Waals surface area contributed by atoms with E-state index in [1.807, 2.05) is 0 Å². The Morgan fingerprint density at radius 1 is 1.41 bits per heavy atom. The smallest absolute Gasteiger partial charge is 0.387 e. The van der Waals surface area contributed by atoms with Crippen molar-refractivity contribution in [1.29, 1.82) is 0 Å². The molecule has 0 spiro atoms. The van der Waals surface area contributed by atoms with Crippen LogP contribution in [0.4, 0.5) is 13.9 Å². The lowest BCUT2D eigenvalue weighted by Crippen LogP contribution is -2.15. The molecule has 22 heavy (non-hydrogen) atoms. The molecule has 3 aromatic rings. The Labute approximate surface area is 127 Å². The average molecular weight is 324 g/mol.